The highest BCUT2D eigenvalue weighted by atomic mass is 32.2. The molecule has 2 fully saturated rings. The Hall–Kier alpha value is -2.84. The molecule has 2 aliphatic rings. The Kier molecular flexibility index (Phi) is 5.65. The number of aromatic nitrogens is 1. The highest BCUT2D eigenvalue weighted by Gasteiger charge is 2.42. The van der Waals surface area contributed by atoms with Gasteiger partial charge in [-0.15, -0.1) is 11.8 Å². The number of benzene rings is 1. The number of anilines is 1. The molecule has 1 aliphatic heterocycles. The van der Waals surface area contributed by atoms with Crippen molar-refractivity contribution in [3.8, 4) is 0 Å². The average molecular weight is 451 g/mol. The van der Waals surface area contributed by atoms with Crippen LogP contribution in [0.5, 0.6) is 0 Å². The number of aliphatic hydroxyl groups is 1. The summed E-state index contributed by atoms with van der Waals surface area (Å²) in [6.45, 7) is 1.15. The highest BCUT2D eigenvalue weighted by molar-refractivity contribution is 7.98. The number of hydrogen-bond donors (Lipinski definition) is 3. The van der Waals surface area contributed by atoms with Crippen LogP contribution in [0.2, 0.25) is 0 Å². The number of para-hydroxylation sites is 1. The molecule has 8 heteroatoms. The van der Waals surface area contributed by atoms with Crippen LogP contribution < -0.4 is 5.32 Å². The number of carbonyl (C=O) groups excluding carboxylic acids is 1. The number of hydrogen-bond acceptors (Lipinski definition) is 7. The number of aliphatic hydroxyl groups excluding tert-OH is 1. The minimum Gasteiger partial charge on any atom is -0.464 e. The summed E-state index contributed by atoms with van der Waals surface area (Å²) in [4.78, 5) is 19.5. The molecule has 0 radical (unpaired) electrons. The van der Waals surface area contributed by atoms with Crippen LogP contribution in [0.25, 0.3) is 11.0 Å². The van der Waals surface area contributed by atoms with Gasteiger partial charge in [-0.05, 0) is 31.2 Å². The monoisotopic (exact) mass is 450 g/mol. The first-order valence-electron chi connectivity index (χ1n) is 10.8. The Morgan fingerprint density at radius 2 is 2.03 bits per heavy atom. The van der Waals surface area contributed by atoms with Crippen LogP contribution in [-0.2, 0) is 0 Å². The van der Waals surface area contributed by atoms with Crippen molar-refractivity contribution in [1.82, 2.24) is 9.88 Å². The Bertz CT molecular complexity index is 1160. The lowest BCUT2D eigenvalue weighted by atomic mass is 9.95. The third kappa shape index (κ3) is 3.67. The van der Waals surface area contributed by atoms with Crippen LogP contribution >= 0.6 is 11.8 Å². The first-order valence-corrected chi connectivity index (χ1v) is 12.2. The second kappa shape index (κ2) is 8.60. The van der Waals surface area contributed by atoms with Gasteiger partial charge in [0.05, 0.1) is 17.7 Å². The summed E-state index contributed by atoms with van der Waals surface area (Å²) in [5.74, 6) is 0.847. The number of fused-ring (bicyclic) bond motifs is 3. The fourth-order valence-corrected chi connectivity index (χ4v) is 5.21. The molecular weight excluding hydrogens is 424 g/mol. The number of nitrogens with one attached hydrogen (secondary N) is 2. The quantitative estimate of drug-likeness (QED) is 0.390. The van der Waals surface area contributed by atoms with E-state index in [0.717, 1.165) is 23.8 Å². The van der Waals surface area contributed by atoms with Gasteiger partial charge in [0.15, 0.2) is 0 Å². The normalized spacial score (nSPS) is 22.3. The molecule has 5 rings (SSSR count). The molecule has 1 aliphatic carbocycles. The first kappa shape index (κ1) is 21.0. The predicted octanol–water partition coefficient (Wildman–Crippen LogP) is 3.82. The maximum absolute atomic E-state index is 13.2. The zero-order valence-electron chi connectivity index (χ0n) is 17.9. The van der Waals surface area contributed by atoms with Crippen LogP contribution in [0.1, 0.15) is 34.5 Å². The second-order valence-corrected chi connectivity index (χ2v) is 9.41. The van der Waals surface area contributed by atoms with Gasteiger partial charge >= 0.3 is 0 Å². The molecular formula is C24H26N4O3S. The van der Waals surface area contributed by atoms with Crippen molar-refractivity contribution in [3.05, 3.63) is 59.6 Å². The molecule has 3 aromatic rings. The number of likely N-dealkylation sites (tertiary alicyclic amines) is 1. The lowest BCUT2D eigenvalue weighted by Gasteiger charge is -2.35. The van der Waals surface area contributed by atoms with E-state index in [1.165, 1.54) is 0 Å². The molecule has 1 aromatic carbocycles. The summed E-state index contributed by atoms with van der Waals surface area (Å²) in [7, 11) is 0. The second-order valence-electron chi connectivity index (χ2n) is 8.54. The maximum atomic E-state index is 13.2. The largest absolute Gasteiger partial charge is 0.464 e. The smallest absolute Gasteiger partial charge is 0.272 e. The van der Waals surface area contributed by atoms with E-state index < -0.39 is 0 Å². The van der Waals surface area contributed by atoms with Crippen LogP contribution in [-0.4, -0.2) is 57.9 Å². The summed E-state index contributed by atoms with van der Waals surface area (Å²) in [6.07, 6.45) is 6.84. The van der Waals surface area contributed by atoms with Gasteiger partial charge in [-0.1, -0.05) is 18.2 Å². The molecule has 3 N–H and O–H groups in total. The minimum atomic E-state index is -0.293. The van der Waals surface area contributed by atoms with E-state index in [4.69, 9.17) is 9.83 Å². The SMILES string of the molecule is CSCNc1cc(C(=O)N2CC3CCC(C2)C3O)ncc1C(=N)c1coc2ccccc12. The third-order valence-electron chi connectivity index (χ3n) is 6.62. The summed E-state index contributed by atoms with van der Waals surface area (Å²) >= 11 is 1.62. The van der Waals surface area contributed by atoms with Crippen LogP contribution in [0.4, 0.5) is 5.69 Å². The molecule has 2 unspecified atom stereocenters. The minimum absolute atomic E-state index is 0.118. The number of carbonyl (C=O) groups is 1. The standard InChI is InChI=1S/C24H26N4O3S/c1-32-13-27-19-8-20(24(30)28-10-14-6-7-15(11-28)23(14)29)26-9-17(19)22(25)18-12-31-21-5-3-2-4-16(18)21/h2-5,8-9,12,14-15,23,25,29H,6-7,10-11,13H2,1H3,(H,26,27). The molecule has 1 saturated heterocycles. The Morgan fingerprint density at radius 3 is 2.78 bits per heavy atom. The zero-order chi connectivity index (χ0) is 22.2. The van der Waals surface area contributed by atoms with Crippen molar-refractivity contribution in [3.63, 3.8) is 0 Å². The number of furan rings is 1. The molecule has 2 aromatic heterocycles. The van der Waals surface area contributed by atoms with Gasteiger partial charge in [-0.2, -0.15) is 0 Å². The number of amides is 1. The van der Waals surface area contributed by atoms with E-state index in [2.05, 4.69) is 10.3 Å². The van der Waals surface area contributed by atoms with Gasteiger partial charge in [0.1, 0.15) is 17.5 Å². The molecule has 2 atom stereocenters. The fourth-order valence-electron chi connectivity index (χ4n) is 4.91. The fraction of sp³-hybridized carbons (Fsp3) is 0.375. The molecule has 7 nitrogen and oxygen atoms in total. The van der Waals surface area contributed by atoms with Gasteiger partial charge in [-0.3, -0.25) is 15.2 Å². The van der Waals surface area contributed by atoms with E-state index in [1.807, 2.05) is 35.4 Å². The lowest BCUT2D eigenvalue weighted by Crippen LogP contribution is -2.47. The van der Waals surface area contributed by atoms with E-state index in [0.29, 0.717) is 47.2 Å². The van der Waals surface area contributed by atoms with Crippen LogP contribution in [0.15, 0.2) is 47.2 Å². The average Bonchev–Trinajstić information content (AvgIpc) is 3.31. The Morgan fingerprint density at radius 1 is 1.28 bits per heavy atom. The molecule has 3 heterocycles. The van der Waals surface area contributed by atoms with Crippen molar-refractivity contribution in [1.29, 1.82) is 5.41 Å². The van der Waals surface area contributed by atoms with Gasteiger partial charge in [-0.25, -0.2) is 0 Å². The summed E-state index contributed by atoms with van der Waals surface area (Å²) in [6, 6.07) is 9.38. The van der Waals surface area contributed by atoms with E-state index >= 15 is 0 Å². The lowest BCUT2D eigenvalue weighted by molar-refractivity contribution is 0.0163. The first-order chi connectivity index (χ1) is 15.6. The van der Waals surface area contributed by atoms with E-state index in [9.17, 15) is 9.90 Å². The van der Waals surface area contributed by atoms with E-state index in [-0.39, 0.29) is 23.8 Å². The van der Waals surface area contributed by atoms with Crippen molar-refractivity contribution in [2.45, 2.75) is 18.9 Å². The van der Waals surface area contributed by atoms with Crippen LogP contribution in [0, 0.1) is 17.2 Å². The number of rotatable bonds is 6. The van der Waals surface area contributed by atoms with Gasteiger partial charge < -0.3 is 19.7 Å². The summed E-state index contributed by atoms with van der Waals surface area (Å²) in [5.41, 5.74) is 3.40. The van der Waals surface area contributed by atoms with Crippen LogP contribution in [0.3, 0.4) is 0 Å². The summed E-state index contributed by atoms with van der Waals surface area (Å²) in [5, 5.41) is 23.3. The van der Waals surface area contributed by atoms with Crippen molar-refractivity contribution in [2.24, 2.45) is 11.8 Å². The molecule has 1 saturated carbocycles. The zero-order valence-corrected chi connectivity index (χ0v) is 18.7. The Labute approximate surface area is 190 Å². The van der Waals surface area contributed by atoms with Crippen molar-refractivity contribution >= 4 is 40.0 Å². The number of piperidine rings is 1. The number of pyridine rings is 1. The topological polar surface area (TPSA) is 102 Å². The number of thioether (sulfide) groups is 1. The van der Waals surface area contributed by atoms with E-state index in [1.54, 1.807) is 30.3 Å². The number of nitrogens with zero attached hydrogens (tertiary/aromatic N) is 2. The van der Waals surface area contributed by atoms with Gasteiger partial charge in [0.2, 0.25) is 0 Å². The molecule has 1 amide bonds. The van der Waals surface area contributed by atoms with Gasteiger partial charge in [0.25, 0.3) is 5.91 Å². The van der Waals surface area contributed by atoms with Crippen molar-refractivity contribution in [2.75, 3.05) is 30.5 Å². The van der Waals surface area contributed by atoms with Gasteiger partial charge in [0, 0.05) is 53.3 Å². The molecule has 166 valence electrons. The Balaban J connectivity index is 1.45. The highest BCUT2D eigenvalue weighted by Crippen LogP contribution is 2.37. The third-order valence-corrected chi connectivity index (χ3v) is 7.05. The summed E-state index contributed by atoms with van der Waals surface area (Å²) < 4.78 is 5.62. The molecule has 2 bridgehead atoms. The maximum Gasteiger partial charge on any atom is 0.272 e. The molecule has 32 heavy (non-hydrogen) atoms. The molecule has 0 spiro atoms. The van der Waals surface area contributed by atoms with Crippen molar-refractivity contribution < 1.29 is 14.3 Å². The predicted molar refractivity (Wildman–Crippen MR) is 127 cm³/mol.